The Hall–Kier alpha value is -2.49. The topological polar surface area (TPSA) is 97.4 Å². The Morgan fingerprint density at radius 2 is 1.76 bits per heavy atom. The highest BCUT2D eigenvalue weighted by molar-refractivity contribution is 5.88. The maximum absolute atomic E-state index is 13.7. The van der Waals surface area contributed by atoms with E-state index in [-0.39, 0.29) is 35.8 Å². The van der Waals surface area contributed by atoms with Crippen LogP contribution in [0.3, 0.4) is 0 Å². The fraction of sp³-hybridized carbons (Fsp3) is 0.719. The molecule has 3 rings (SSSR count). The lowest BCUT2D eigenvalue weighted by molar-refractivity contribution is -0.199. The molecular weight excluding hydrogens is 522 g/mol. The van der Waals surface area contributed by atoms with Crippen LogP contribution in [0, 0.1) is 17.8 Å². The maximum Gasteiger partial charge on any atom is 0.269 e. The first-order valence-corrected chi connectivity index (χ1v) is 15.3. The van der Waals surface area contributed by atoms with Crippen LogP contribution in [0.25, 0.3) is 0 Å². The number of likely N-dealkylation sites (tertiary alicyclic amines) is 1. The van der Waals surface area contributed by atoms with Crippen LogP contribution in [-0.2, 0) is 35.1 Å². The summed E-state index contributed by atoms with van der Waals surface area (Å²) >= 11 is 0. The molecule has 3 amide bonds. The average Bonchev–Trinajstić information content (AvgIpc) is 3.49. The number of rotatable bonds is 14. The monoisotopic (exact) mass is 573 g/mol. The second-order valence-corrected chi connectivity index (χ2v) is 11.7. The Balaban J connectivity index is 1.71. The number of carbonyl (C=O) groups excluding carboxylic acids is 3. The van der Waals surface area contributed by atoms with Gasteiger partial charge in [0.2, 0.25) is 11.8 Å². The SMILES string of the molecule is CC[C@H](C)[C@H](C)[C@@H](CC(=O)N1CCC[C@H]1[C@H](OC)[C@@H](C)C(=O)N[C@@H](Cc1ccccc1)C(=O)N1CCCCO1)OC. The average molecular weight is 574 g/mol. The molecule has 0 aliphatic carbocycles. The number of nitrogens with zero attached hydrogens (tertiary/aromatic N) is 2. The van der Waals surface area contributed by atoms with E-state index in [9.17, 15) is 14.4 Å². The van der Waals surface area contributed by atoms with Crippen molar-refractivity contribution >= 4 is 17.7 Å². The molecule has 0 saturated carbocycles. The Labute approximate surface area is 246 Å². The molecule has 1 aromatic rings. The first-order chi connectivity index (χ1) is 19.7. The van der Waals surface area contributed by atoms with Crippen molar-refractivity contribution < 1.29 is 28.7 Å². The van der Waals surface area contributed by atoms with Crippen molar-refractivity contribution in [1.82, 2.24) is 15.3 Å². The number of benzene rings is 1. The molecule has 1 aromatic carbocycles. The van der Waals surface area contributed by atoms with Crippen molar-refractivity contribution in [2.75, 3.05) is 33.9 Å². The summed E-state index contributed by atoms with van der Waals surface area (Å²) in [5.74, 6) is -0.378. The fourth-order valence-corrected chi connectivity index (χ4v) is 6.10. The lowest BCUT2D eigenvalue weighted by Gasteiger charge is -2.36. The number of methoxy groups -OCH3 is 2. The first kappa shape index (κ1) is 33.0. The van der Waals surface area contributed by atoms with E-state index in [1.165, 1.54) is 5.06 Å². The zero-order valence-corrected chi connectivity index (χ0v) is 25.8. The predicted octanol–water partition coefficient (Wildman–Crippen LogP) is 4.00. The molecule has 0 radical (unpaired) electrons. The van der Waals surface area contributed by atoms with Crippen LogP contribution in [0.4, 0.5) is 0 Å². The van der Waals surface area contributed by atoms with Crippen LogP contribution in [0.5, 0.6) is 0 Å². The van der Waals surface area contributed by atoms with Gasteiger partial charge in [-0.1, -0.05) is 64.4 Å². The summed E-state index contributed by atoms with van der Waals surface area (Å²) < 4.78 is 11.7. The van der Waals surface area contributed by atoms with Crippen molar-refractivity contribution in [3.8, 4) is 0 Å². The minimum Gasteiger partial charge on any atom is -0.381 e. The lowest BCUT2D eigenvalue weighted by atomic mass is 9.87. The summed E-state index contributed by atoms with van der Waals surface area (Å²) in [5.41, 5.74) is 0.950. The van der Waals surface area contributed by atoms with Gasteiger partial charge in [0.05, 0.1) is 37.2 Å². The van der Waals surface area contributed by atoms with Gasteiger partial charge >= 0.3 is 0 Å². The minimum absolute atomic E-state index is 0.0311. The van der Waals surface area contributed by atoms with E-state index in [4.69, 9.17) is 14.3 Å². The van der Waals surface area contributed by atoms with Gasteiger partial charge < -0.3 is 19.7 Å². The molecule has 7 atom stereocenters. The molecule has 41 heavy (non-hydrogen) atoms. The predicted molar refractivity (Wildman–Crippen MR) is 158 cm³/mol. The van der Waals surface area contributed by atoms with Gasteiger partial charge in [0, 0.05) is 33.7 Å². The van der Waals surface area contributed by atoms with Crippen molar-refractivity contribution in [3.05, 3.63) is 35.9 Å². The molecule has 2 fully saturated rings. The highest BCUT2D eigenvalue weighted by Crippen LogP contribution is 2.29. The fourth-order valence-electron chi connectivity index (χ4n) is 6.10. The highest BCUT2D eigenvalue weighted by atomic mass is 16.7. The normalized spacial score (nSPS) is 22.0. The zero-order chi connectivity index (χ0) is 29.9. The van der Waals surface area contributed by atoms with Gasteiger partial charge in [0.1, 0.15) is 6.04 Å². The third-order valence-corrected chi connectivity index (χ3v) is 9.13. The molecule has 0 unspecified atom stereocenters. The molecule has 2 saturated heterocycles. The number of carbonyl (C=O) groups is 3. The molecule has 2 aliphatic heterocycles. The van der Waals surface area contributed by atoms with E-state index < -0.39 is 18.1 Å². The molecule has 0 bridgehead atoms. The molecule has 230 valence electrons. The van der Waals surface area contributed by atoms with Gasteiger partial charge in [-0.3, -0.25) is 19.2 Å². The molecular formula is C32H51N3O6. The quantitative estimate of drug-likeness (QED) is 0.362. The summed E-state index contributed by atoms with van der Waals surface area (Å²) in [5, 5.41) is 4.39. The smallest absolute Gasteiger partial charge is 0.269 e. The van der Waals surface area contributed by atoms with Gasteiger partial charge in [0.15, 0.2) is 0 Å². The van der Waals surface area contributed by atoms with E-state index >= 15 is 0 Å². The molecule has 2 aliphatic rings. The number of nitrogens with one attached hydrogen (secondary N) is 1. The van der Waals surface area contributed by atoms with Crippen LogP contribution in [0.1, 0.15) is 71.8 Å². The Bertz CT molecular complexity index is 969. The molecule has 0 aromatic heterocycles. The largest absolute Gasteiger partial charge is 0.381 e. The minimum atomic E-state index is -0.770. The lowest BCUT2D eigenvalue weighted by Crippen LogP contribution is -2.55. The molecule has 1 N–H and O–H groups in total. The van der Waals surface area contributed by atoms with Crippen molar-refractivity contribution in [2.24, 2.45) is 17.8 Å². The summed E-state index contributed by atoms with van der Waals surface area (Å²) in [6, 6.07) is 8.66. The summed E-state index contributed by atoms with van der Waals surface area (Å²) in [6.45, 7) is 9.93. The third kappa shape index (κ3) is 8.75. The highest BCUT2D eigenvalue weighted by Gasteiger charge is 2.41. The Morgan fingerprint density at radius 1 is 1.02 bits per heavy atom. The van der Waals surface area contributed by atoms with Crippen LogP contribution in [0.2, 0.25) is 0 Å². The van der Waals surface area contributed by atoms with E-state index in [0.717, 1.165) is 37.7 Å². The summed E-state index contributed by atoms with van der Waals surface area (Å²) in [7, 11) is 3.26. The molecule has 0 spiro atoms. The van der Waals surface area contributed by atoms with Crippen molar-refractivity contribution in [2.45, 2.75) is 96.9 Å². The number of hydrogen-bond donors (Lipinski definition) is 1. The van der Waals surface area contributed by atoms with Crippen LogP contribution in [0.15, 0.2) is 30.3 Å². The maximum atomic E-state index is 13.7. The standard InChI is InChI=1S/C32H51N3O6/c1-7-22(2)23(3)28(39-5)21-29(36)34-17-13-16-27(34)30(40-6)24(4)31(37)33-26(20-25-14-9-8-10-15-25)32(38)35-18-11-12-19-41-35/h8-10,14-15,22-24,26-28,30H,7,11-13,16-21H2,1-6H3,(H,33,37)/t22-,23-,24+,26-,27-,28+,30+/m0/s1. The van der Waals surface area contributed by atoms with Crippen LogP contribution < -0.4 is 5.32 Å². The number of ether oxygens (including phenoxy) is 2. The molecule has 9 heteroatoms. The second kappa shape index (κ2) is 16.2. The van der Waals surface area contributed by atoms with Crippen LogP contribution in [-0.4, -0.2) is 85.9 Å². The van der Waals surface area contributed by atoms with E-state index in [2.05, 4.69) is 26.1 Å². The van der Waals surface area contributed by atoms with Crippen molar-refractivity contribution in [1.29, 1.82) is 0 Å². The van der Waals surface area contributed by atoms with E-state index in [0.29, 0.717) is 38.5 Å². The third-order valence-electron chi connectivity index (χ3n) is 9.13. The Kier molecular flexibility index (Phi) is 13.1. The van der Waals surface area contributed by atoms with E-state index in [1.807, 2.05) is 42.2 Å². The zero-order valence-electron chi connectivity index (χ0n) is 25.8. The van der Waals surface area contributed by atoms with Gasteiger partial charge in [-0.25, -0.2) is 5.06 Å². The number of hydroxylamine groups is 2. The van der Waals surface area contributed by atoms with Gasteiger partial charge in [-0.05, 0) is 43.1 Å². The van der Waals surface area contributed by atoms with Crippen molar-refractivity contribution in [3.63, 3.8) is 0 Å². The van der Waals surface area contributed by atoms with Gasteiger partial charge in [0.25, 0.3) is 5.91 Å². The van der Waals surface area contributed by atoms with Gasteiger partial charge in [-0.2, -0.15) is 0 Å². The molecule has 2 heterocycles. The second-order valence-electron chi connectivity index (χ2n) is 11.7. The summed E-state index contributed by atoms with van der Waals surface area (Å²) in [6.07, 6.45) is 4.40. The first-order valence-electron chi connectivity index (χ1n) is 15.3. The van der Waals surface area contributed by atoms with Crippen LogP contribution >= 0.6 is 0 Å². The summed E-state index contributed by atoms with van der Waals surface area (Å²) in [4.78, 5) is 48.1. The Morgan fingerprint density at radius 3 is 2.37 bits per heavy atom. The molecule has 9 nitrogen and oxygen atoms in total. The number of amides is 3. The number of hydrogen-bond acceptors (Lipinski definition) is 6. The van der Waals surface area contributed by atoms with E-state index in [1.54, 1.807) is 14.2 Å². The van der Waals surface area contributed by atoms with Gasteiger partial charge in [-0.15, -0.1) is 0 Å².